The summed E-state index contributed by atoms with van der Waals surface area (Å²) in [6.45, 7) is 5.24. The number of nitrogens with one attached hydrogen (secondary N) is 1. The van der Waals surface area contributed by atoms with Crippen LogP contribution in [0.5, 0.6) is 5.75 Å². The molecule has 0 bridgehead atoms. The molecule has 0 aliphatic heterocycles. The van der Waals surface area contributed by atoms with E-state index < -0.39 is 6.10 Å². The molecule has 0 saturated heterocycles. The summed E-state index contributed by atoms with van der Waals surface area (Å²) < 4.78 is 8.16. The van der Waals surface area contributed by atoms with Gasteiger partial charge in [0.05, 0.1) is 12.1 Å². The lowest BCUT2D eigenvalue weighted by Gasteiger charge is -2.27. The number of benzene rings is 3. The summed E-state index contributed by atoms with van der Waals surface area (Å²) in [4.78, 5) is 0. The average Bonchev–Trinajstić information content (AvgIpc) is 3.21. The van der Waals surface area contributed by atoms with Gasteiger partial charge in [0.25, 0.3) is 0 Å². The fourth-order valence-corrected chi connectivity index (χ4v) is 3.90. The monoisotopic (exact) mass is 414 g/mol. The molecule has 0 aliphatic rings. The molecule has 1 heterocycles. The molecule has 2 atom stereocenters. The number of hydrogen-bond acceptors (Lipinski definition) is 3. The number of aliphatic hydroxyl groups excluding tert-OH is 1. The van der Waals surface area contributed by atoms with E-state index >= 15 is 0 Å². The predicted molar refractivity (Wildman–Crippen MR) is 126 cm³/mol. The van der Waals surface area contributed by atoms with Crippen molar-refractivity contribution in [2.45, 2.75) is 38.6 Å². The molecular formula is C27H30N2O2. The molecule has 0 fully saturated rings. The van der Waals surface area contributed by atoms with Crippen LogP contribution in [0.15, 0.2) is 91.1 Å². The van der Waals surface area contributed by atoms with E-state index in [1.165, 1.54) is 0 Å². The second-order valence-electron chi connectivity index (χ2n) is 8.20. The summed E-state index contributed by atoms with van der Waals surface area (Å²) in [5, 5.41) is 15.6. The maximum Gasteiger partial charge on any atom is 0.120 e. The van der Waals surface area contributed by atoms with Crippen LogP contribution in [-0.2, 0) is 6.61 Å². The van der Waals surface area contributed by atoms with Crippen LogP contribution in [0.1, 0.15) is 31.0 Å². The zero-order valence-electron chi connectivity index (χ0n) is 18.1. The van der Waals surface area contributed by atoms with Gasteiger partial charge in [-0.3, -0.25) is 0 Å². The molecule has 0 spiro atoms. The van der Waals surface area contributed by atoms with Crippen molar-refractivity contribution in [2.75, 3.05) is 6.54 Å². The molecule has 31 heavy (non-hydrogen) atoms. The van der Waals surface area contributed by atoms with Gasteiger partial charge in [0.15, 0.2) is 0 Å². The molecule has 2 unspecified atom stereocenters. The lowest BCUT2D eigenvalue weighted by atomic mass is 10.0. The molecule has 4 rings (SSSR count). The Morgan fingerprint density at radius 3 is 2.32 bits per heavy atom. The van der Waals surface area contributed by atoms with Gasteiger partial charge in [-0.15, -0.1) is 0 Å². The highest BCUT2D eigenvalue weighted by Gasteiger charge is 2.24. The largest absolute Gasteiger partial charge is 0.489 e. The minimum atomic E-state index is -0.561. The lowest BCUT2D eigenvalue weighted by Crippen LogP contribution is -2.37. The zero-order valence-corrected chi connectivity index (χ0v) is 18.1. The predicted octanol–water partition coefficient (Wildman–Crippen LogP) is 5.17. The summed E-state index contributed by atoms with van der Waals surface area (Å²) in [6.07, 6.45) is 1.50. The lowest BCUT2D eigenvalue weighted by molar-refractivity contribution is 0.127. The first-order chi connectivity index (χ1) is 15.1. The van der Waals surface area contributed by atoms with Gasteiger partial charge in [0, 0.05) is 29.7 Å². The van der Waals surface area contributed by atoms with Gasteiger partial charge in [-0.05, 0) is 35.4 Å². The normalized spacial score (nSPS) is 13.4. The van der Waals surface area contributed by atoms with Crippen molar-refractivity contribution in [1.82, 2.24) is 9.88 Å². The third kappa shape index (κ3) is 5.16. The topological polar surface area (TPSA) is 46.4 Å². The maximum absolute atomic E-state index is 11.1. The first-order valence-corrected chi connectivity index (χ1v) is 10.9. The summed E-state index contributed by atoms with van der Waals surface area (Å²) in [6, 6.07) is 28.7. The molecule has 4 nitrogen and oxygen atoms in total. The standard InChI is InChI=1S/C27H30N2O2/c1-20(2)28-18-26(30)27(22-11-7-4-8-12-22)29-16-15-23-17-24(13-14-25(23)29)31-19-21-9-5-3-6-10-21/h3-17,20,26-28,30H,18-19H2,1-2H3. The van der Waals surface area contributed by atoms with E-state index in [0.29, 0.717) is 19.2 Å². The van der Waals surface area contributed by atoms with Crippen molar-refractivity contribution in [3.63, 3.8) is 0 Å². The Morgan fingerprint density at radius 1 is 0.903 bits per heavy atom. The third-order valence-corrected chi connectivity index (χ3v) is 5.48. The molecular weight excluding hydrogens is 384 g/mol. The van der Waals surface area contributed by atoms with Gasteiger partial charge >= 0.3 is 0 Å². The Bertz CT molecular complexity index is 1090. The Kier molecular flexibility index (Phi) is 6.70. The number of rotatable bonds is 9. The minimum Gasteiger partial charge on any atom is -0.489 e. The Balaban J connectivity index is 1.61. The summed E-state index contributed by atoms with van der Waals surface area (Å²) in [5.74, 6) is 0.840. The zero-order chi connectivity index (χ0) is 21.6. The fraction of sp³-hybridized carbons (Fsp3) is 0.259. The van der Waals surface area contributed by atoms with Gasteiger partial charge in [-0.25, -0.2) is 0 Å². The maximum atomic E-state index is 11.1. The van der Waals surface area contributed by atoms with Crippen molar-refractivity contribution in [2.24, 2.45) is 0 Å². The molecule has 0 saturated carbocycles. The molecule has 3 aromatic carbocycles. The van der Waals surface area contributed by atoms with Crippen LogP contribution < -0.4 is 10.1 Å². The van der Waals surface area contributed by atoms with Crippen LogP contribution in [0.25, 0.3) is 10.9 Å². The first-order valence-electron chi connectivity index (χ1n) is 10.9. The molecule has 2 N–H and O–H groups in total. The van der Waals surface area contributed by atoms with E-state index in [9.17, 15) is 5.11 Å². The minimum absolute atomic E-state index is 0.180. The number of hydrogen-bond donors (Lipinski definition) is 2. The Labute approximate surface area is 184 Å². The average molecular weight is 415 g/mol. The van der Waals surface area contributed by atoms with Gasteiger partial charge in [0.2, 0.25) is 0 Å². The van der Waals surface area contributed by atoms with Gasteiger partial charge in [-0.2, -0.15) is 0 Å². The van der Waals surface area contributed by atoms with Crippen LogP contribution in [0, 0.1) is 0 Å². The van der Waals surface area contributed by atoms with E-state index in [4.69, 9.17) is 4.74 Å². The van der Waals surface area contributed by atoms with Crippen LogP contribution in [0.2, 0.25) is 0 Å². The molecule has 1 aromatic heterocycles. The smallest absolute Gasteiger partial charge is 0.120 e. The van der Waals surface area contributed by atoms with Gasteiger partial charge in [0.1, 0.15) is 12.4 Å². The van der Waals surface area contributed by atoms with Gasteiger partial charge < -0.3 is 19.7 Å². The SMILES string of the molecule is CC(C)NCC(O)C(c1ccccc1)n1ccc2cc(OCc3ccccc3)ccc21. The number of aromatic nitrogens is 1. The van der Waals surface area contributed by atoms with E-state index in [0.717, 1.165) is 27.8 Å². The van der Waals surface area contributed by atoms with E-state index in [1.807, 2.05) is 42.5 Å². The van der Waals surface area contributed by atoms with E-state index in [1.54, 1.807) is 0 Å². The highest BCUT2D eigenvalue weighted by molar-refractivity contribution is 5.82. The van der Waals surface area contributed by atoms with Crippen LogP contribution in [-0.4, -0.2) is 28.4 Å². The van der Waals surface area contributed by atoms with Gasteiger partial charge in [-0.1, -0.05) is 74.5 Å². The number of fused-ring (bicyclic) bond motifs is 1. The van der Waals surface area contributed by atoms with E-state index in [2.05, 4.69) is 72.4 Å². The molecule has 4 aromatic rings. The highest BCUT2D eigenvalue weighted by Crippen LogP contribution is 2.30. The molecule has 0 amide bonds. The van der Waals surface area contributed by atoms with E-state index in [-0.39, 0.29) is 6.04 Å². The second kappa shape index (κ2) is 9.82. The molecule has 160 valence electrons. The van der Waals surface area contributed by atoms with Crippen molar-refractivity contribution < 1.29 is 9.84 Å². The quantitative estimate of drug-likeness (QED) is 0.397. The van der Waals surface area contributed by atoms with Crippen molar-refractivity contribution in [1.29, 1.82) is 0 Å². The summed E-state index contributed by atoms with van der Waals surface area (Å²) >= 11 is 0. The number of ether oxygens (including phenoxy) is 1. The number of aliphatic hydroxyl groups is 1. The van der Waals surface area contributed by atoms with Crippen molar-refractivity contribution in [3.8, 4) is 5.75 Å². The molecule has 0 radical (unpaired) electrons. The van der Waals surface area contributed by atoms with Crippen molar-refractivity contribution in [3.05, 3.63) is 102 Å². The highest BCUT2D eigenvalue weighted by atomic mass is 16.5. The second-order valence-corrected chi connectivity index (χ2v) is 8.20. The Morgan fingerprint density at radius 2 is 1.61 bits per heavy atom. The number of nitrogens with zero attached hydrogens (tertiary/aromatic N) is 1. The first kappa shape index (κ1) is 21.2. The van der Waals surface area contributed by atoms with Crippen LogP contribution >= 0.6 is 0 Å². The van der Waals surface area contributed by atoms with Crippen LogP contribution in [0.4, 0.5) is 0 Å². The Hall–Kier alpha value is -3.08. The molecule has 4 heteroatoms. The third-order valence-electron chi connectivity index (χ3n) is 5.48. The van der Waals surface area contributed by atoms with Crippen LogP contribution in [0.3, 0.4) is 0 Å². The molecule has 0 aliphatic carbocycles. The van der Waals surface area contributed by atoms with Crippen molar-refractivity contribution >= 4 is 10.9 Å². The summed E-state index contributed by atoms with van der Waals surface area (Å²) in [7, 11) is 0. The fourth-order valence-electron chi connectivity index (χ4n) is 3.90. The summed E-state index contributed by atoms with van der Waals surface area (Å²) in [5.41, 5.74) is 3.30.